The molecule has 1 aromatic carbocycles. The van der Waals surface area contributed by atoms with Gasteiger partial charge in [-0.05, 0) is 44.0 Å². The summed E-state index contributed by atoms with van der Waals surface area (Å²) in [5.74, 6) is 0.668. The van der Waals surface area contributed by atoms with Gasteiger partial charge in [-0.2, -0.15) is 0 Å². The van der Waals surface area contributed by atoms with Gasteiger partial charge in [-0.25, -0.2) is 4.98 Å². The van der Waals surface area contributed by atoms with Crippen LogP contribution in [-0.2, 0) is 11.2 Å². The van der Waals surface area contributed by atoms with Gasteiger partial charge in [0, 0.05) is 17.5 Å². The largest absolute Gasteiger partial charge is 0.491 e. The van der Waals surface area contributed by atoms with Crippen LogP contribution >= 0.6 is 11.3 Å². The van der Waals surface area contributed by atoms with Crippen molar-refractivity contribution in [1.29, 1.82) is 0 Å². The predicted octanol–water partition coefficient (Wildman–Crippen LogP) is 2.78. The van der Waals surface area contributed by atoms with E-state index in [0.717, 1.165) is 29.2 Å². The number of hydrogen-bond donors (Lipinski definition) is 2. The zero-order valence-electron chi connectivity index (χ0n) is 12.5. The normalized spacial score (nSPS) is 10.5. The number of nitrogens with one attached hydrogen (secondary N) is 1. The highest BCUT2D eigenvalue weighted by Crippen LogP contribution is 2.16. The molecular formula is C16H20N2O3S. The van der Waals surface area contributed by atoms with Crippen LogP contribution in [0, 0.1) is 6.92 Å². The summed E-state index contributed by atoms with van der Waals surface area (Å²) >= 11 is 1.63. The monoisotopic (exact) mass is 320 g/mol. The Hall–Kier alpha value is -1.92. The first-order chi connectivity index (χ1) is 10.7. The number of aliphatic hydroxyl groups is 1. The number of ether oxygens (including phenoxy) is 1. The maximum atomic E-state index is 11.9. The number of carbonyl (C=O) groups excluding carboxylic acids is 1. The molecule has 22 heavy (non-hydrogen) atoms. The van der Waals surface area contributed by atoms with Crippen LogP contribution < -0.4 is 10.1 Å². The van der Waals surface area contributed by atoms with Crippen molar-refractivity contribution in [3.8, 4) is 5.75 Å². The Bertz CT molecular complexity index is 596. The minimum atomic E-state index is -0.0169. The minimum Gasteiger partial charge on any atom is -0.491 e. The third-order valence-electron chi connectivity index (χ3n) is 3.00. The van der Waals surface area contributed by atoms with Crippen LogP contribution in [0.2, 0.25) is 0 Å². The van der Waals surface area contributed by atoms with Gasteiger partial charge in [-0.3, -0.25) is 4.79 Å². The van der Waals surface area contributed by atoms with E-state index in [0.29, 0.717) is 12.2 Å². The number of amides is 1. The van der Waals surface area contributed by atoms with E-state index in [9.17, 15) is 4.79 Å². The minimum absolute atomic E-state index is 0.00372. The molecule has 0 aliphatic heterocycles. The van der Waals surface area contributed by atoms with Crippen molar-refractivity contribution in [1.82, 2.24) is 4.98 Å². The van der Waals surface area contributed by atoms with E-state index >= 15 is 0 Å². The Labute approximate surface area is 134 Å². The smallest absolute Gasteiger partial charge is 0.224 e. The van der Waals surface area contributed by atoms with Gasteiger partial charge >= 0.3 is 0 Å². The van der Waals surface area contributed by atoms with Gasteiger partial charge in [0.15, 0.2) is 0 Å². The van der Waals surface area contributed by atoms with Crippen molar-refractivity contribution in [3.05, 3.63) is 40.3 Å². The molecule has 0 saturated carbocycles. The molecule has 2 rings (SSSR count). The molecule has 118 valence electrons. The number of thiazole rings is 1. The van der Waals surface area contributed by atoms with Gasteiger partial charge in [0.25, 0.3) is 0 Å². The number of nitrogens with zero attached hydrogens (tertiary/aromatic N) is 1. The molecule has 6 heteroatoms. The van der Waals surface area contributed by atoms with Crippen LogP contribution in [0.25, 0.3) is 0 Å². The van der Waals surface area contributed by atoms with Gasteiger partial charge in [-0.15, -0.1) is 11.3 Å². The molecule has 5 nitrogen and oxygen atoms in total. The molecule has 0 bridgehead atoms. The summed E-state index contributed by atoms with van der Waals surface area (Å²) in [6.45, 7) is 2.23. The zero-order valence-corrected chi connectivity index (χ0v) is 13.4. The summed E-state index contributed by atoms with van der Waals surface area (Å²) in [4.78, 5) is 16.3. The summed E-state index contributed by atoms with van der Waals surface area (Å²) < 4.78 is 5.26. The third kappa shape index (κ3) is 5.46. The van der Waals surface area contributed by atoms with Crippen LogP contribution in [0.15, 0.2) is 29.6 Å². The standard InChI is InChI=1S/C16H20N2O3S/c1-12-17-14(11-22-12)3-2-4-16(20)18-13-5-7-15(8-6-13)21-10-9-19/h5-8,11,19H,2-4,9-10H2,1H3,(H,18,20). The molecule has 0 saturated heterocycles. The molecule has 0 aliphatic rings. The molecule has 2 aromatic rings. The van der Waals surface area contributed by atoms with Gasteiger partial charge in [0.2, 0.25) is 5.91 Å². The highest BCUT2D eigenvalue weighted by molar-refractivity contribution is 7.09. The lowest BCUT2D eigenvalue weighted by atomic mass is 10.2. The van der Waals surface area contributed by atoms with Crippen LogP contribution in [0.5, 0.6) is 5.75 Å². The fourth-order valence-electron chi connectivity index (χ4n) is 1.97. The molecule has 0 spiro atoms. The Morgan fingerprint density at radius 2 is 2.14 bits per heavy atom. The lowest BCUT2D eigenvalue weighted by molar-refractivity contribution is -0.116. The fraction of sp³-hybridized carbons (Fsp3) is 0.375. The van der Waals surface area contributed by atoms with Crippen molar-refractivity contribution >= 4 is 22.9 Å². The fourth-order valence-corrected chi connectivity index (χ4v) is 2.62. The second-order valence-corrected chi connectivity index (χ2v) is 5.92. The van der Waals surface area contributed by atoms with Gasteiger partial charge in [-0.1, -0.05) is 0 Å². The Morgan fingerprint density at radius 1 is 1.36 bits per heavy atom. The van der Waals surface area contributed by atoms with Crippen LogP contribution in [-0.4, -0.2) is 29.2 Å². The molecule has 0 radical (unpaired) electrons. The van der Waals surface area contributed by atoms with E-state index in [1.165, 1.54) is 0 Å². The first kappa shape index (κ1) is 16.5. The first-order valence-electron chi connectivity index (χ1n) is 7.22. The first-order valence-corrected chi connectivity index (χ1v) is 8.10. The Kier molecular flexibility index (Phi) is 6.36. The van der Waals surface area contributed by atoms with E-state index in [4.69, 9.17) is 9.84 Å². The number of aromatic nitrogens is 1. The summed E-state index contributed by atoms with van der Waals surface area (Å²) in [7, 11) is 0. The van der Waals surface area contributed by atoms with E-state index in [1.54, 1.807) is 35.6 Å². The van der Waals surface area contributed by atoms with Crippen molar-refractivity contribution in [2.75, 3.05) is 18.5 Å². The maximum Gasteiger partial charge on any atom is 0.224 e. The van der Waals surface area contributed by atoms with Crippen molar-refractivity contribution in [2.45, 2.75) is 26.2 Å². The van der Waals surface area contributed by atoms with Gasteiger partial charge in [0.1, 0.15) is 12.4 Å². The molecule has 1 amide bonds. The van der Waals surface area contributed by atoms with E-state index in [2.05, 4.69) is 10.3 Å². The summed E-state index contributed by atoms with van der Waals surface area (Å²) in [6.07, 6.45) is 2.08. The van der Waals surface area contributed by atoms with Crippen molar-refractivity contribution in [3.63, 3.8) is 0 Å². The highest BCUT2D eigenvalue weighted by Gasteiger charge is 2.04. The number of benzene rings is 1. The zero-order chi connectivity index (χ0) is 15.8. The SMILES string of the molecule is Cc1nc(CCCC(=O)Nc2ccc(OCCO)cc2)cs1. The van der Waals surface area contributed by atoms with E-state index < -0.39 is 0 Å². The van der Waals surface area contributed by atoms with Crippen molar-refractivity contribution in [2.24, 2.45) is 0 Å². The molecule has 0 fully saturated rings. The molecule has 0 atom stereocenters. The molecule has 0 unspecified atom stereocenters. The van der Waals surface area contributed by atoms with E-state index in [-0.39, 0.29) is 19.1 Å². The second kappa shape index (κ2) is 8.51. The lowest BCUT2D eigenvalue weighted by Crippen LogP contribution is -2.11. The Balaban J connectivity index is 1.72. The third-order valence-corrected chi connectivity index (χ3v) is 3.82. The summed E-state index contributed by atoms with van der Waals surface area (Å²) in [6, 6.07) is 7.11. The lowest BCUT2D eigenvalue weighted by Gasteiger charge is -2.07. The van der Waals surface area contributed by atoms with Crippen LogP contribution in [0.1, 0.15) is 23.5 Å². The topological polar surface area (TPSA) is 71.5 Å². The van der Waals surface area contributed by atoms with Crippen molar-refractivity contribution < 1.29 is 14.6 Å². The summed E-state index contributed by atoms with van der Waals surface area (Å²) in [5.41, 5.74) is 1.80. The average Bonchev–Trinajstić information content (AvgIpc) is 2.92. The molecule has 2 N–H and O–H groups in total. The van der Waals surface area contributed by atoms with E-state index in [1.807, 2.05) is 12.3 Å². The maximum absolute atomic E-state index is 11.9. The predicted molar refractivity (Wildman–Crippen MR) is 87.4 cm³/mol. The highest BCUT2D eigenvalue weighted by atomic mass is 32.1. The molecule has 1 aromatic heterocycles. The quantitative estimate of drug-likeness (QED) is 0.784. The number of carbonyl (C=O) groups is 1. The second-order valence-electron chi connectivity index (χ2n) is 4.86. The molecular weight excluding hydrogens is 300 g/mol. The Morgan fingerprint density at radius 3 is 2.77 bits per heavy atom. The van der Waals surface area contributed by atoms with Gasteiger partial charge < -0.3 is 15.2 Å². The number of aliphatic hydroxyl groups excluding tert-OH is 1. The number of anilines is 1. The molecule has 0 aliphatic carbocycles. The van der Waals surface area contributed by atoms with Crippen LogP contribution in [0.4, 0.5) is 5.69 Å². The average molecular weight is 320 g/mol. The summed E-state index contributed by atoms with van der Waals surface area (Å²) in [5, 5.41) is 14.6. The number of hydrogen-bond acceptors (Lipinski definition) is 5. The number of rotatable bonds is 8. The van der Waals surface area contributed by atoms with Crippen LogP contribution in [0.3, 0.4) is 0 Å². The molecule has 1 heterocycles. The van der Waals surface area contributed by atoms with Gasteiger partial charge in [0.05, 0.1) is 17.3 Å². The number of aryl methyl sites for hydroxylation is 2.